The van der Waals surface area contributed by atoms with Crippen LogP contribution in [0.4, 0.5) is 0 Å². The second-order valence-electron chi connectivity index (χ2n) is 4.18. The summed E-state index contributed by atoms with van der Waals surface area (Å²) in [7, 11) is 0. The van der Waals surface area contributed by atoms with E-state index in [4.69, 9.17) is 15.7 Å². The molecule has 0 radical (unpaired) electrons. The van der Waals surface area contributed by atoms with E-state index in [0.717, 1.165) is 13.0 Å². The van der Waals surface area contributed by atoms with E-state index in [0.29, 0.717) is 18.4 Å². The molecule has 0 atom stereocenters. The van der Waals surface area contributed by atoms with Crippen molar-refractivity contribution in [1.82, 2.24) is 0 Å². The third kappa shape index (κ3) is 5.62. The van der Waals surface area contributed by atoms with E-state index in [1.54, 1.807) is 0 Å². The molecular weight excluding hydrogens is 192 g/mol. The number of oxime groups is 1. The summed E-state index contributed by atoms with van der Waals surface area (Å²) in [5.74, 6) is 0.291. The molecule has 1 fully saturated rings. The number of amidine groups is 1. The van der Waals surface area contributed by atoms with Gasteiger partial charge in [0.2, 0.25) is 0 Å². The Balaban J connectivity index is 2.03. The molecule has 0 bridgehead atoms. The van der Waals surface area contributed by atoms with Gasteiger partial charge >= 0.3 is 0 Å². The van der Waals surface area contributed by atoms with Gasteiger partial charge < -0.3 is 15.7 Å². The van der Waals surface area contributed by atoms with Gasteiger partial charge in [0, 0.05) is 13.0 Å². The van der Waals surface area contributed by atoms with Crippen LogP contribution in [0.5, 0.6) is 0 Å². The molecule has 0 saturated heterocycles. The minimum absolute atomic E-state index is 0.291. The van der Waals surface area contributed by atoms with Crippen LogP contribution in [0.15, 0.2) is 5.16 Å². The van der Waals surface area contributed by atoms with Crippen LogP contribution in [-0.2, 0) is 4.74 Å². The highest BCUT2D eigenvalue weighted by atomic mass is 16.5. The van der Waals surface area contributed by atoms with Gasteiger partial charge in [0.05, 0.1) is 6.10 Å². The minimum atomic E-state index is 0.291. The third-order valence-electron chi connectivity index (χ3n) is 2.86. The summed E-state index contributed by atoms with van der Waals surface area (Å²) in [6.07, 6.45) is 9.59. The number of hydrogen-bond acceptors (Lipinski definition) is 3. The van der Waals surface area contributed by atoms with Crippen molar-refractivity contribution in [2.45, 2.75) is 57.5 Å². The van der Waals surface area contributed by atoms with Gasteiger partial charge in [-0.15, -0.1) is 0 Å². The fourth-order valence-electron chi connectivity index (χ4n) is 1.96. The average molecular weight is 214 g/mol. The van der Waals surface area contributed by atoms with Crippen LogP contribution in [0.25, 0.3) is 0 Å². The Hall–Kier alpha value is -0.770. The Morgan fingerprint density at radius 2 is 1.93 bits per heavy atom. The lowest BCUT2D eigenvalue weighted by Crippen LogP contribution is -2.15. The summed E-state index contributed by atoms with van der Waals surface area (Å²) in [5, 5.41) is 11.3. The van der Waals surface area contributed by atoms with Gasteiger partial charge in [-0.05, 0) is 19.3 Å². The SMILES string of the molecule is N/C(CCCOC1CCCCCC1)=N/O. The molecular formula is C11H22N2O2. The van der Waals surface area contributed by atoms with Crippen molar-refractivity contribution < 1.29 is 9.94 Å². The fraction of sp³-hybridized carbons (Fsp3) is 0.909. The summed E-state index contributed by atoms with van der Waals surface area (Å²) >= 11 is 0. The zero-order valence-corrected chi connectivity index (χ0v) is 9.32. The second-order valence-corrected chi connectivity index (χ2v) is 4.18. The topological polar surface area (TPSA) is 67.8 Å². The van der Waals surface area contributed by atoms with E-state index < -0.39 is 0 Å². The molecule has 4 heteroatoms. The van der Waals surface area contributed by atoms with Crippen molar-refractivity contribution >= 4 is 5.84 Å². The van der Waals surface area contributed by atoms with Crippen molar-refractivity contribution in [2.75, 3.05) is 6.61 Å². The molecule has 0 aromatic carbocycles. The molecule has 0 aromatic heterocycles. The number of hydrogen-bond donors (Lipinski definition) is 2. The molecule has 0 spiro atoms. The lowest BCUT2D eigenvalue weighted by Gasteiger charge is -2.14. The van der Waals surface area contributed by atoms with E-state index in [-0.39, 0.29) is 0 Å². The molecule has 0 unspecified atom stereocenters. The van der Waals surface area contributed by atoms with Gasteiger partial charge in [-0.25, -0.2) is 0 Å². The molecule has 0 aliphatic heterocycles. The average Bonchev–Trinajstić information content (AvgIpc) is 2.52. The van der Waals surface area contributed by atoms with Crippen molar-refractivity contribution in [3.05, 3.63) is 0 Å². The van der Waals surface area contributed by atoms with Crippen LogP contribution in [0.1, 0.15) is 51.4 Å². The first-order valence-electron chi connectivity index (χ1n) is 5.91. The zero-order chi connectivity index (χ0) is 10.9. The number of nitrogens with zero attached hydrogens (tertiary/aromatic N) is 1. The number of rotatable bonds is 5. The van der Waals surface area contributed by atoms with E-state index >= 15 is 0 Å². The van der Waals surface area contributed by atoms with Crippen molar-refractivity contribution in [2.24, 2.45) is 10.9 Å². The molecule has 1 rings (SSSR count). The van der Waals surface area contributed by atoms with Crippen molar-refractivity contribution in [1.29, 1.82) is 0 Å². The molecule has 88 valence electrons. The first kappa shape index (κ1) is 12.3. The lowest BCUT2D eigenvalue weighted by atomic mass is 10.1. The summed E-state index contributed by atoms with van der Waals surface area (Å²) < 4.78 is 5.77. The maximum Gasteiger partial charge on any atom is 0.139 e. The van der Waals surface area contributed by atoms with E-state index in [1.165, 1.54) is 38.5 Å². The van der Waals surface area contributed by atoms with Crippen molar-refractivity contribution in [3.8, 4) is 0 Å². The Bertz CT molecular complexity index is 187. The monoisotopic (exact) mass is 214 g/mol. The van der Waals surface area contributed by atoms with Gasteiger partial charge in [-0.1, -0.05) is 30.8 Å². The van der Waals surface area contributed by atoms with Gasteiger partial charge in [0.25, 0.3) is 0 Å². The van der Waals surface area contributed by atoms with E-state index in [1.807, 2.05) is 0 Å². The smallest absolute Gasteiger partial charge is 0.139 e. The molecule has 4 nitrogen and oxygen atoms in total. The first-order chi connectivity index (χ1) is 7.33. The van der Waals surface area contributed by atoms with Gasteiger partial charge in [0.1, 0.15) is 5.84 Å². The molecule has 0 amide bonds. The van der Waals surface area contributed by atoms with Crippen LogP contribution < -0.4 is 5.73 Å². The van der Waals surface area contributed by atoms with Gasteiger partial charge in [0.15, 0.2) is 0 Å². The standard InChI is InChI=1S/C11H22N2O2/c12-11(13-14)8-5-9-15-10-6-3-1-2-4-7-10/h10,14H,1-9H2,(H2,12,13). The van der Waals surface area contributed by atoms with Crippen molar-refractivity contribution in [3.63, 3.8) is 0 Å². The van der Waals surface area contributed by atoms with Crippen LogP contribution in [0, 0.1) is 0 Å². The number of nitrogens with two attached hydrogens (primary N) is 1. The summed E-state index contributed by atoms with van der Waals surface area (Å²) in [6, 6.07) is 0. The third-order valence-corrected chi connectivity index (χ3v) is 2.86. The van der Waals surface area contributed by atoms with Crippen LogP contribution in [-0.4, -0.2) is 23.8 Å². The maximum absolute atomic E-state index is 8.34. The molecule has 0 aromatic rings. The predicted molar refractivity (Wildman–Crippen MR) is 60.1 cm³/mol. The summed E-state index contributed by atoms with van der Waals surface area (Å²) in [6.45, 7) is 0.723. The molecule has 1 aliphatic carbocycles. The van der Waals surface area contributed by atoms with Crippen LogP contribution in [0.2, 0.25) is 0 Å². The van der Waals surface area contributed by atoms with E-state index in [2.05, 4.69) is 5.16 Å². The molecule has 15 heavy (non-hydrogen) atoms. The van der Waals surface area contributed by atoms with Crippen LogP contribution in [0.3, 0.4) is 0 Å². The highest BCUT2D eigenvalue weighted by Gasteiger charge is 2.11. The maximum atomic E-state index is 8.34. The summed E-state index contributed by atoms with van der Waals surface area (Å²) in [4.78, 5) is 0. The molecule has 3 N–H and O–H groups in total. The zero-order valence-electron chi connectivity index (χ0n) is 9.32. The quantitative estimate of drug-likeness (QED) is 0.184. The number of ether oxygens (including phenoxy) is 1. The largest absolute Gasteiger partial charge is 0.409 e. The molecule has 1 aliphatic rings. The molecule has 1 saturated carbocycles. The Morgan fingerprint density at radius 3 is 2.53 bits per heavy atom. The van der Waals surface area contributed by atoms with Gasteiger partial charge in [-0.2, -0.15) is 0 Å². The van der Waals surface area contributed by atoms with E-state index in [9.17, 15) is 0 Å². The predicted octanol–water partition coefficient (Wildman–Crippen LogP) is 2.25. The Morgan fingerprint density at radius 1 is 1.27 bits per heavy atom. The van der Waals surface area contributed by atoms with Gasteiger partial charge in [-0.3, -0.25) is 0 Å². The molecule has 0 heterocycles. The normalized spacial score (nSPS) is 20.1. The first-order valence-corrected chi connectivity index (χ1v) is 5.91. The second kappa shape index (κ2) is 7.51. The minimum Gasteiger partial charge on any atom is -0.409 e. The Labute approximate surface area is 91.5 Å². The highest BCUT2D eigenvalue weighted by molar-refractivity contribution is 5.79. The summed E-state index contributed by atoms with van der Waals surface area (Å²) in [5.41, 5.74) is 5.36. The van der Waals surface area contributed by atoms with Crippen LogP contribution >= 0.6 is 0 Å². The highest BCUT2D eigenvalue weighted by Crippen LogP contribution is 2.19. The fourth-order valence-corrected chi connectivity index (χ4v) is 1.96. The lowest BCUT2D eigenvalue weighted by molar-refractivity contribution is 0.0425. The Kier molecular flexibility index (Phi) is 6.16.